The summed E-state index contributed by atoms with van der Waals surface area (Å²) in [4.78, 5) is 10.8. The van der Waals surface area contributed by atoms with Gasteiger partial charge in [-0.15, -0.1) is 0 Å². The summed E-state index contributed by atoms with van der Waals surface area (Å²) in [7, 11) is -1.65. The Kier molecular flexibility index (Phi) is 5.11. The monoisotopic (exact) mass is 294 g/mol. The Morgan fingerprint density at radius 2 is 1.84 bits per heavy atom. The highest BCUT2D eigenvalue weighted by Gasteiger charge is 2.30. The number of rotatable bonds is 5. The van der Waals surface area contributed by atoms with Crippen LogP contribution in [0.1, 0.15) is 24.5 Å². The second kappa shape index (κ2) is 6.18. The first-order valence-corrected chi connectivity index (χ1v) is 6.90. The highest BCUT2D eigenvalue weighted by atomic mass is 32.2. The molecule has 0 aliphatic rings. The fourth-order valence-electron chi connectivity index (χ4n) is 1.53. The molecule has 2 unspecified atom stereocenters. The lowest BCUT2D eigenvalue weighted by Crippen LogP contribution is -2.25. The Hall–Kier alpha value is -1.37. The summed E-state index contributed by atoms with van der Waals surface area (Å²) in [6, 6.07) is 4.23. The number of hydrogen-bond donors (Lipinski definition) is 1. The van der Waals surface area contributed by atoms with E-state index in [0.717, 1.165) is 12.1 Å². The molecule has 0 heterocycles. The molecule has 0 radical (unpaired) electrons. The van der Waals surface area contributed by atoms with Crippen LogP contribution in [0.4, 0.5) is 13.2 Å². The summed E-state index contributed by atoms with van der Waals surface area (Å²) in [5.41, 5.74) is -0.363. The van der Waals surface area contributed by atoms with Gasteiger partial charge in [-0.3, -0.25) is 9.00 Å². The number of alkyl halides is 3. The molecular formula is C12H13F3O3S. The van der Waals surface area contributed by atoms with Gasteiger partial charge in [0, 0.05) is 16.6 Å². The van der Waals surface area contributed by atoms with Crippen molar-refractivity contribution >= 4 is 16.8 Å². The Morgan fingerprint density at radius 1 is 1.32 bits per heavy atom. The van der Waals surface area contributed by atoms with E-state index in [0.29, 0.717) is 5.56 Å². The van der Waals surface area contributed by atoms with Gasteiger partial charge in [0.2, 0.25) is 0 Å². The predicted octanol–water partition coefficient (Wildman–Crippen LogP) is 2.82. The number of aliphatic carboxylic acids is 1. The van der Waals surface area contributed by atoms with Crippen molar-refractivity contribution in [3.63, 3.8) is 0 Å². The van der Waals surface area contributed by atoms with Crippen molar-refractivity contribution < 1.29 is 27.3 Å². The SMILES string of the molecule is CCC(C(=O)O)S(=O)Cc1ccc(C(F)(F)F)cc1. The van der Waals surface area contributed by atoms with Crippen LogP contribution in [0.3, 0.4) is 0 Å². The van der Waals surface area contributed by atoms with Crippen LogP contribution < -0.4 is 0 Å². The molecule has 0 fully saturated rings. The first-order chi connectivity index (χ1) is 8.75. The van der Waals surface area contributed by atoms with Gasteiger partial charge in [-0.05, 0) is 24.1 Å². The van der Waals surface area contributed by atoms with Gasteiger partial charge in [0.1, 0.15) is 5.25 Å². The Morgan fingerprint density at radius 3 is 2.21 bits per heavy atom. The Bertz CT molecular complexity index is 468. The summed E-state index contributed by atoms with van der Waals surface area (Å²) < 4.78 is 48.8. The highest BCUT2D eigenvalue weighted by Crippen LogP contribution is 2.29. The molecular weight excluding hydrogens is 281 g/mol. The molecule has 0 amide bonds. The number of benzene rings is 1. The van der Waals surface area contributed by atoms with Gasteiger partial charge in [-0.1, -0.05) is 19.1 Å². The number of halogens is 3. The van der Waals surface area contributed by atoms with Crippen molar-refractivity contribution in [2.75, 3.05) is 0 Å². The zero-order chi connectivity index (χ0) is 14.6. The van der Waals surface area contributed by atoms with Crippen LogP contribution in [-0.2, 0) is 27.5 Å². The van der Waals surface area contributed by atoms with E-state index in [4.69, 9.17) is 5.11 Å². The zero-order valence-corrected chi connectivity index (χ0v) is 10.9. The largest absolute Gasteiger partial charge is 0.480 e. The molecule has 1 aromatic rings. The fraction of sp³-hybridized carbons (Fsp3) is 0.417. The Balaban J connectivity index is 2.78. The second-order valence-electron chi connectivity index (χ2n) is 3.95. The topological polar surface area (TPSA) is 54.4 Å². The number of carboxylic acids is 1. The van der Waals surface area contributed by atoms with Crippen LogP contribution in [0.5, 0.6) is 0 Å². The smallest absolute Gasteiger partial charge is 0.416 e. The molecule has 7 heteroatoms. The maximum atomic E-state index is 12.3. The third kappa shape index (κ3) is 4.34. The fourth-order valence-corrected chi connectivity index (χ4v) is 2.85. The van der Waals surface area contributed by atoms with Gasteiger partial charge in [0.15, 0.2) is 0 Å². The maximum absolute atomic E-state index is 12.3. The second-order valence-corrected chi connectivity index (χ2v) is 5.57. The molecule has 106 valence electrons. The molecule has 0 aliphatic carbocycles. The predicted molar refractivity (Wildman–Crippen MR) is 65.0 cm³/mol. The summed E-state index contributed by atoms with van der Waals surface area (Å²) in [6.45, 7) is 1.60. The van der Waals surface area contributed by atoms with Gasteiger partial charge < -0.3 is 5.11 Å². The third-order valence-corrected chi connectivity index (χ3v) is 4.34. The van der Waals surface area contributed by atoms with Crippen molar-refractivity contribution in [3.8, 4) is 0 Å². The average Bonchev–Trinajstić information content (AvgIpc) is 2.28. The normalized spacial score (nSPS) is 14.9. The first kappa shape index (κ1) is 15.7. The summed E-state index contributed by atoms with van der Waals surface area (Å²) in [6.07, 6.45) is -4.20. The molecule has 0 spiro atoms. The number of hydrogen-bond acceptors (Lipinski definition) is 2. The molecule has 19 heavy (non-hydrogen) atoms. The van der Waals surface area contributed by atoms with E-state index in [2.05, 4.69) is 0 Å². The van der Waals surface area contributed by atoms with Gasteiger partial charge in [-0.2, -0.15) is 13.2 Å². The Labute approximate surface area is 110 Å². The maximum Gasteiger partial charge on any atom is 0.416 e. The third-order valence-electron chi connectivity index (χ3n) is 2.55. The minimum absolute atomic E-state index is 0.0665. The lowest BCUT2D eigenvalue weighted by atomic mass is 10.1. The number of carbonyl (C=O) groups is 1. The van der Waals surface area contributed by atoms with Crippen molar-refractivity contribution in [3.05, 3.63) is 35.4 Å². The number of carboxylic acid groups (broad SMARTS) is 1. The molecule has 0 aliphatic heterocycles. The van der Waals surface area contributed by atoms with Crippen molar-refractivity contribution in [2.24, 2.45) is 0 Å². The van der Waals surface area contributed by atoms with Crippen LogP contribution in [0.25, 0.3) is 0 Å². The quantitative estimate of drug-likeness (QED) is 0.908. The van der Waals surface area contributed by atoms with E-state index in [-0.39, 0.29) is 12.2 Å². The van der Waals surface area contributed by atoms with Crippen LogP contribution in [-0.4, -0.2) is 20.5 Å². The molecule has 1 aromatic carbocycles. The standard InChI is InChI=1S/C12H13F3O3S/c1-2-10(11(16)17)19(18)7-8-3-5-9(6-4-8)12(13,14)15/h3-6,10H,2,7H2,1H3,(H,16,17). The molecule has 1 N–H and O–H groups in total. The van der Waals surface area contributed by atoms with Crippen molar-refractivity contribution in [1.29, 1.82) is 0 Å². The van der Waals surface area contributed by atoms with Crippen LogP contribution >= 0.6 is 0 Å². The summed E-state index contributed by atoms with van der Waals surface area (Å²) >= 11 is 0. The average molecular weight is 294 g/mol. The molecule has 0 saturated heterocycles. The summed E-state index contributed by atoms with van der Waals surface area (Å²) in [5, 5.41) is 7.83. The van der Waals surface area contributed by atoms with Crippen molar-refractivity contribution in [2.45, 2.75) is 30.5 Å². The summed E-state index contributed by atoms with van der Waals surface area (Å²) in [5.74, 6) is -1.23. The molecule has 2 atom stereocenters. The minimum Gasteiger partial charge on any atom is -0.480 e. The van der Waals surface area contributed by atoms with E-state index in [1.54, 1.807) is 6.92 Å². The lowest BCUT2D eigenvalue weighted by molar-refractivity contribution is -0.138. The molecule has 0 bridgehead atoms. The molecule has 0 saturated carbocycles. The molecule has 3 nitrogen and oxygen atoms in total. The first-order valence-electron chi connectivity index (χ1n) is 5.51. The van der Waals surface area contributed by atoms with E-state index < -0.39 is 33.8 Å². The molecule has 1 rings (SSSR count). The van der Waals surface area contributed by atoms with Crippen LogP contribution in [0.2, 0.25) is 0 Å². The van der Waals surface area contributed by atoms with Gasteiger partial charge >= 0.3 is 12.1 Å². The van der Waals surface area contributed by atoms with E-state index in [1.165, 1.54) is 12.1 Å². The van der Waals surface area contributed by atoms with E-state index >= 15 is 0 Å². The molecule has 0 aromatic heterocycles. The van der Waals surface area contributed by atoms with Crippen LogP contribution in [0.15, 0.2) is 24.3 Å². The van der Waals surface area contributed by atoms with Crippen molar-refractivity contribution in [1.82, 2.24) is 0 Å². The van der Waals surface area contributed by atoms with E-state index in [9.17, 15) is 22.2 Å². The van der Waals surface area contributed by atoms with Crippen LogP contribution in [0, 0.1) is 0 Å². The zero-order valence-electron chi connectivity index (χ0n) is 10.1. The lowest BCUT2D eigenvalue weighted by Gasteiger charge is -2.11. The van der Waals surface area contributed by atoms with Gasteiger partial charge in [0.25, 0.3) is 0 Å². The minimum atomic E-state index is -4.41. The van der Waals surface area contributed by atoms with Gasteiger partial charge in [-0.25, -0.2) is 0 Å². The van der Waals surface area contributed by atoms with Gasteiger partial charge in [0.05, 0.1) is 5.56 Å². The van der Waals surface area contributed by atoms with E-state index in [1.807, 2.05) is 0 Å². The highest BCUT2D eigenvalue weighted by molar-refractivity contribution is 7.85.